The van der Waals surface area contributed by atoms with Crippen molar-refractivity contribution in [3.63, 3.8) is 0 Å². The monoisotopic (exact) mass is 234 g/mol. The number of benzene rings is 1. The fourth-order valence-electron chi connectivity index (χ4n) is 1.70. The summed E-state index contributed by atoms with van der Waals surface area (Å²) < 4.78 is 18.9. The lowest BCUT2D eigenvalue weighted by Crippen LogP contribution is -2.19. The zero-order valence-corrected chi connectivity index (χ0v) is 9.58. The highest BCUT2D eigenvalue weighted by molar-refractivity contribution is 5.40. The van der Waals surface area contributed by atoms with Crippen molar-refractivity contribution in [1.82, 2.24) is 0 Å². The van der Waals surface area contributed by atoms with E-state index >= 15 is 0 Å². The normalized spacial score (nSPS) is 14.7. The van der Waals surface area contributed by atoms with Gasteiger partial charge in [-0.1, -0.05) is 18.3 Å². The quantitative estimate of drug-likeness (QED) is 0.813. The molecule has 1 fully saturated rings. The smallest absolute Gasteiger partial charge is 0.165 e. The predicted molar refractivity (Wildman–Crippen MR) is 63.2 cm³/mol. The van der Waals surface area contributed by atoms with E-state index in [0.29, 0.717) is 18.1 Å². The van der Waals surface area contributed by atoms with Crippen molar-refractivity contribution in [1.29, 1.82) is 0 Å². The molecule has 0 aliphatic heterocycles. The summed E-state index contributed by atoms with van der Waals surface area (Å²) >= 11 is 0. The topological polar surface area (TPSA) is 29.5 Å². The maximum Gasteiger partial charge on any atom is 0.165 e. The molecule has 0 bridgehead atoms. The van der Waals surface area contributed by atoms with E-state index in [1.165, 1.54) is 25.3 Å². The summed E-state index contributed by atoms with van der Waals surface area (Å²) in [6, 6.07) is 4.50. The molecule has 0 atom stereocenters. The van der Waals surface area contributed by atoms with E-state index in [9.17, 15) is 4.39 Å². The average molecular weight is 234 g/mol. The summed E-state index contributed by atoms with van der Waals surface area (Å²) in [6.45, 7) is 0.378. The predicted octanol–water partition coefficient (Wildman–Crippen LogP) is 2.35. The van der Waals surface area contributed by atoms with Crippen LogP contribution in [0.25, 0.3) is 0 Å². The zero-order chi connectivity index (χ0) is 12.1. The van der Waals surface area contributed by atoms with Gasteiger partial charge < -0.3 is 9.84 Å². The van der Waals surface area contributed by atoms with Crippen molar-refractivity contribution in [2.45, 2.75) is 19.3 Å². The summed E-state index contributed by atoms with van der Waals surface area (Å²) in [6.07, 6.45) is 3.59. The number of aliphatic hydroxyl groups is 1. The van der Waals surface area contributed by atoms with Gasteiger partial charge in [0.05, 0.1) is 6.61 Å². The largest absolute Gasteiger partial charge is 0.490 e. The van der Waals surface area contributed by atoms with Crippen LogP contribution in [0.1, 0.15) is 24.8 Å². The summed E-state index contributed by atoms with van der Waals surface area (Å²) in [7, 11) is 0. The molecule has 1 aliphatic rings. The molecule has 0 heterocycles. The van der Waals surface area contributed by atoms with Crippen molar-refractivity contribution in [2.24, 2.45) is 5.92 Å². The Balaban J connectivity index is 2.02. The number of hydrogen-bond acceptors (Lipinski definition) is 2. The van der Waals surface area contributed by atoms with Crippen LogP contribution in [-0.2, 0) is 0 Å². The van der Waals surface area contributed by atoms with Crippen molar-refractivity contribution >= 4 is 0 Å². The Morgan fingerprint density at radius 1 is 1.41 bits per heavy atom. The van der Waals surface area contributed by atoms with Gasteiger partial charge in [0.1, 0.15) is 6.61 Å². The highest BCUT2D eigenvalue weighted by Crippen LogP contribution is 2.28. The summed E-state index contributed by atoms with van der Waals surface area (Å²) in [5, 5.41) is 8.59. The van der Waals surface area contributed by atoms with Gasteiger partial charge in [-0.2, -0.15) is 0 Å². The molecule has 2 nitrogen and oxygen atoms in total. The first-order valence-electron chi connectivity index (χ1n) is 5.81. The van der Waals surface area contributed by atoms with Crippen LogP contribution in [0.2, 0.25) is 0 Å². The number of hydrogen-bond donors (Lipinski definition) is 1. The minimum Gasteiger partial charge on any atom is -0.490 e. The molecule has 1 aromatic carbocycles. The molecule has 0 unspecified atom stereocenters. The fraction of sp³-hybridized carbons (Fsp3) is 0.429. The van der Waals surface area contributed by atoms with Crippen molar-refractivity contribution in [2.75, 3.05) is 13.2 Å². The molecule has 1 aromatic rings. The first-order valence-corrected chi connectivity index (χ1v) is 5.81. The maximum atomic E-state index is 13.4. The lowest BCUT2D eigenvalue weighted by molar-refractivity contribution is 0.175. The van der Waals surface area contributed by atoms with Crippen LogP contribution in [0.15, 0.2) is 18.2 Å². The van der Waals surface area contributed by atoms with E-state index in [2.05, 4.69) is 11.8 Å². The third-order valence-electron chi connectivity index (χ3n) is 2.94. The van der Waals surface area contributed by atoms with Gasteiger partial charge in [-0.05, 0) is 37.0 Å². The molecule has 0 spiro atoms. The number of rotatable bonds is 3. The second-order valence-electron chi connectivity index (χ2n) is 4.21. The summed E-state index contributed by atoms with van der Waals surface area (Å²) in [4.78, 5) is 0. The molecule has 0 aromatic heterocycles. The number of aliphatic hydroxyl groups excluding tert-OH is 1. The Labute approximate surface area is 100 Å². The third-order valence-corrected chi connectivity index (χ3v) is 2.94. The van der Waals surface area contributed by atoms with Gasteiger partial charge in [-0.15, -0.1) is 0 Å². The third kappa shape index (κ3) is 3.21. The first-order chi connectivity index (χ1) is 8.29. The van der Waals surface area contributed by atoms with Crippen LogP contribution in [0.5, 0.6) is 5.75 Å². The lowest BCUT2D eigenvalue weighted by Gasteiger charge is -2.25. The van der Waals surface area contributed by atoms with Crippen LogP contribution in [0.4, 0.5) is 4.39 Å². The minimum absolute atomic E-state index is 0.199. The lowest BCUT2D eigenvalue weighted by atomic mass is 9.86. The molecular weight excluding hydrogens is 219 g/mol. The van der Waals surface area contributed by atoms with Gasteiger partial charge >= 0.3 is 0 Å². The number of halogens is 1. The van der Waals surface area contributed by atoms with Crippen LogP contribution in [0, 0.1) is 23.6 Å². The van der Waals surface area contributed by atoms with E-state index in [-0.39, 0.29) is 18.2 Å². The van der Waals surface area contributed by atoms with Crippen LogP contribution in [-0.4, -0.2) is 18.3 Å². The second-order valence-corrected chi connectivity index (χ2v) is 4.21. The summed E-state index contributed by atoms with van der Waals surface area (Å²) in [5.41, 5.74) is 0.657. The SMILES string of the molecule is OCC#Cc1ccc(F)c(OCC2CCC2)c1. The van der Waals surface area contributed by atoms with Crippen molar-refractivity contribution in [3.8, 4) is 17.6 Å². The van der Waals surface area contributed by atoms with Gasteiger partial charge in [0.2, 0.25) is 0 Å². The molecule has 1 N–H and O–H groups in total. The van der Waals surface area contributed by atoms with E-state index in [0.717, 1.165) is 0 Å². The number of ether oxygens (including phenoxy) is 1. The first kappa shape index (κ1) is 11.9. The Morgan fingerprint density at radius 2 is 2.24 bits per heavy atom. The van der Waals surface area contributed by atoms with Gasteiger partial charge in [0.15, 0.2) is 11.6 Å². The van der Waals surface area contributed by atoms with Gasteiger partial charge in [-0.25, -0.2) is 4.39 Å². The molecule has 17 heavy (non-hydrogen) atoms. The molecule has 90 valence electrons. The molecule has 3 heteroatoms. The Kier molecular flexibility index (Phi) is 4.00. The highest BCUT2D eigenvalue weighted by Gasteiger charge is 2.18. The van der Waals surface area contributed by atoms with E-state index < -0.39 is 0 Å². The van der Waals surface area contributed by atoms with Gasteiger partial charge in [-0.3, -0.25) is 0 Å². The van der Waals surface area contributed by atoms with E-state index in [4.69, 9.17) is 9.84 Å². The van der Waals surface area contributed by atoms with Gasteiger partial charge in [0, 0.05) is 5.56 Å². The van der Waals surface area contributed by atoms with E-state index in [1.54, 1.807) is 12.1 Å². The Morgan fingerprint density at radius 3 is 2.88 bits per heavy atom. The Hall–Kier alpha value is -1.53. The summed E-state index contributed by atoms with van der Waals surface area (Å²) in [5.74, 6) is 5.72. The molecule has 0 amide bonds. The standard InChI is InChI=1S/C14H15FO2/c15-13-7-6-11(5-2-8-16)9-14(13)17-10-12-3-1-4-12/h6-7,9,12,16H,1,3-4,8,10H2. The van der Waals surface area contributed by atoms with Crippen LogP contribution < -0.4 is 4.74 Å². The van der Waals surface area contributed by atoms with Crippen LogP contribution >= 0.6 is 0 Å². The van der Waals surface area contributed by atoms with Crippen molar-refractivity contribution < 1.29 is 14.2 Å². The average Bonchev–Trinajstić information content (AvgIpc) is 2.27. The molecule has 2 rings (SSSR count). The molecule has 1 saturated carbocycles. The second kappa shape index (κ2) is 5.70. The molecule has 1 aliphatic carbocycles. The maximum absolute atomic E-state index is 13.4. The molecule has 0 saturated heterocycles. The minimum atomic E-state index is -0.362. The highest BCUT2D eigenvalue weighted by atomic mass is 19.1. The van der Waals surface area contributed by atoms with Crippen LogP contribution in [0.3, 0.4) is 0 Å². The molecule has 0 radical (unpaired) electrons. The Bertz CT molecular complexity index is 441. The van der Waals surface area contributed by atoms with Crippen molar-refractivity contribution in [3.05, 3.63) is 29.6 Å². The van der Waals surface area contributed by atoms with Gasteiger partial charge in [0.25, 0.3) is 0 Å². The zero-order valence-electron chi connectivity index (χ0n) is 9.58. The molecular formula is C14H15FO2. The van der Waals surface area contributed by atoms with E-state index in [1.807, 2.05) is 0 Å². The fourth-order valence-corrected chi connectivity index (χ4v) is 1.70.